The molecule has 4 rings (SSSR count). The predicted molar refractivity (Wildman–Crippen MR) is 98.2 cm³/mol. The van der Waals surface area contributed by atoms with Crippen molar-refractivity contribution in [2.75, 3.05) is 26.7 Å². The Balaban J connectivity index is 1.53. The average molecular weight is 385 g/mol. The molecule has 4 amide bonds. The monoisotopic (exact) mass is 385 g/mol. The summed E-state index contributed by atoms with van der Waals surface area (Å²) in [5.74, 6) is -0.254. The minimum atomic E-state index is -0.724. The average Bonchev–Trinajstić information content (AvgIpc) is 3.05. The summed E-state index contributed by atoms with van der Waals surface area (Å²) in [7, 11) is 1.48. The first kappa shape index (κ1) is 18.0. The zero-order valence-electron chi connectivity index (χ0n) is 15.3. The molecular weight excluding hydrogens is 366 g/mol. The summed E-state index contributed by atoms with van der Waals surface area (Å²) < 4.78 is 10.5. The number of fused-ring (bicyclic) bond motifs is 1. The standard InChI is InChI=1S/C19H19N3O6/c1-27-14-4-2-3-11-9-13(18(25)28-16(11)14)17(24)21-7-5-12(6-8-21)22-15(23)10-20-19(22)26/h2-4,9,12H,5-8,10H2,1H3,(H,20,26). The van der Waals surface area contributed by atoms with Crippen LogP contribution in [-0.4, -0.2) is 60.4 Å². The van der Waals surface area contributed by atoms with Crippen LogP contribution < -0.4 is 15.7 Å². The maximum atomic E-state index is 12.9. The molecular formula is C19H19N3O6. The molecule has 3 heterocycles. The minimum absolute atomic E-state index is 0.0135. The number of piperidine rings is 1. The van der Waals surface area contributed by atoms with E-state index in [-0.39, 0.29) is 30.1 Å². The van der Waals surface area contributed by atoms with Gasteiger partial charge in [-0.1, -0.05) is 12.1 Å². The molecule has 2 saturated heterocycles. The van der Waals surface area contributed by atoms with Crippen LogP contribution in [0, 0.1) is 0 Å². The lowest BCUT2D eigenvalue weighted by Crippen LogP contribution is -2.49. The zero-order chi connectivity index (χ0) is 19.8. The van der Waals surface area contributed by atoms with E-state index in [9.17, 15) is 19.2 Å². The van der Waals surface area contributed by atoms with Gasteiger partial charge in [-0.15, -0.1) is 0 Å². The fourth-order valence-electron chi connectivity index (χ4n) is 3.73. The fourth-order valence-corrected chi connectivity index (χ4v) is 3.73. The molecule has 28 heavy (non-hydrogen) atoms. The third-order valence-corrected chi connectivity index (χ3v) is 5.17. The molecule has 1 aromatic carbocycles. The van der Waals surface area contributed by atoms with Gasteiger partial charge in [0.05, 0.1) is 13.7 Å². The molecule has 0 spiro atoms. The number of imide groups is 1. The van der Waals surface area contributed by atoms with Gasteiger partial charge in [0.15, 0.2) is 11.3 Å². The summed E-state index contributed by atoms with van der Waals surface area (Å²) in [5, 5.41) is 3.10. The van der Waals surface area contributed by atoms with Crippen molar-refractivity contribution in [1.29, 1.82) is 0 Å². The number of rotatable bonds is 3. The summed E-state index contributed by atoms with van der Waals surface area (Å²) in [6.07, 6.45) is 0.940. The fraction of sp³-hybridized carbons (Fsp3) is 0.368. The van der Waals surface area contributed by atoms with Crippen LogP contribution in [-0.2, 0) is 4.79 Å². The highest BCUT2D eigenvalue weighted by atomic mass is 16.5. The highest BCUT2D eigenvalue weighted by Gasteiger charge is 2.37. The van der Waals surface area contributed by atoms with Crippen molar-refractivity contribution in [3.63, 3.8) is 0 Å². The van der Waals surface area contributed by atoms with E-state index in [1.807, 2.05) is 0 Å². The molecule has 9 nitrogen and oxygen atoms in total. The van der Waals surface area contributed by atoms with Crippen LogP contribution in [0.15, 0.2) is 33.5 Å². The van der Waals surface area contributed by atoms with Gasteiger partial charge in [0, 0.05) is 24.5 Å². The van der Waals surface area contributed by atoms with E-state index in [1.54, 1.807) is 23.1 Å². The number of hydrogen-bond acceptors (Lipinski definition) is 6. The summed E-state index contributed by atoms with van der Waals surface area (Å²) >= 11 is 0. The van der Waals surface area contributed by atoms with Crippen LogP contribution >= 0.6 is 0 Å². The Labute approximate surface area is 159 Å². The molecule has 0 unspecified atom stereocenters. The molecule has 0 radical (unpaired) electrons. The Morgan fingerprint density at radius 1 is 1.21 bits per heavy atom. The number of ether oxygens (including phenoxy) is 1. The number of carbonyl (C=O) groups is 3. The summed E-state index contributed by atoms with van der Waals surface area (Å²) in [6.45, 7) is 0.700. The van der Waals surface area contributed by atoms with E-state index in [1.165, 1.54) is 18.1 Å². The smallest absolute Gasteiger partial charge is 0.349 e. The zero-order valence-corrected chi connectivity index (χ0v) is 15.3. The van der Waals surface area contributed by atoms with Gasteiger partial charge in [0.2, 0.25) is 5.91 Å². The quantitative estimate of drug-likeness (QED) is 0.623. The van der Waals surface area contributed by atoms with Crippen LogP contribution in [0.1, 0.15) is 23.2 Å². The van der Waals surface area contributed by atoms with Crippen molar-refractivity contribution in [2.45, 2.75) is 18.9 Å². The van der Waals surface area contributed by atoms with Gasteiger partial charge < -0.3 is 19.4 Å². The molecule has 0 bridgehead atoms. The van der Waals surface area contributed by atoms with Crippen molar-refractivity contribution < 1.29 is 23.5 Å². The largest absolute Gasteiger partial charge is 0.493 e. The van der Waals surface area contributed by atoms with Crippen LogP contribution in [0.3, 0.4) is 0 Å². The first-order valence-corrected chi connectivity index (χ1v) is 8.99. The Bertz CT molecular complexity index is 1010. The van der Waals surface area contributed by atoms with E-state index in [0.29, 0.717) is 42.6 Å². The number of nitrogens with one attached hydrogen (secondary N) is 1. The van der Waals surface area contributed by atoms with Crippen molar-refractivity contribution in [3.8, 4) is 5.75 Å². The van der Waals surface area contributed by atoms with Crippen LogP contribution in [0.25, 0.3) is 11.0 Å². The maximum absolute atomic E-state index is 12.9. The molecule has 2 aliphatic rings. The summed E-state index contributed by atoms with van der Waals surface area (Å²) in [4.78, 5) is 51.6. The van der Waals surface area contributed by atoms with Crippen molar-refractivity contribution in [3.05, 3.63) is 40.2 Å². The van der Waals surface area contributed by atoms with Crippen LogP contribution in [0.5, 0.6) is 5.75 Å². The van der Waals surface area contributed by atoms with Crippen molar-refractivity contribution >= 4 is 28.8 Å². The Hall–Kier alpha value is -3.36. The highest BCUT2D eigenvalue weighted by molar-refractivity contribution is 6.02. The Morgan fingerprint density at radius 3 is 2.61 bits per heavy atom. The molecule has 1 aromatic heterocycles. The first-order chi connectivity index (χ1) is 13.5. The lowest BCUT2D eigenvalue weighted by atomic mass is 10.0. The van der Waals surface area contributed by atoms with E-state index >= 15 is 0 Å². The maximum Gasteiger partial charge on any atom is 0.349 e. The van der Waals surface area contributed by atoms with E-state index in [4.69, 9.17) is 9.15 Å². The molecule has 0 aliphatic carbocycles. The van der Waals surface area contributed by atoms with Crippen LogP contribution in [0.4, 0.5) is 4.79 Å². The van der Waals surface area contributed by atoms with E-state index in [0.717, 1.165) is 0 Å². The number of likely N-dealkylation sites (tertiary alicyclic amines) is 1. The number of benzene rings is 1. The van der Waals surface area contributed by atoms with Gasteiger partial charge >= 0.3 is 11.7 Å². The third-order valence-electron chi connectivity index (χ3n) is 5.17. The number of para-hydroxylation sites is 1. The summed E-state index contributed by atoms with van der Waals surface area (Å²) in [5.41, 5.74) is -0.476. The molecule has 0 saturated carbocycles. The van der Waals surface area contributed by atoms with Crippen molar-refractivity contribution in [2.24, 2.45) is 0 Å². The predicted octanol–water partition coefficient (Wildman–Crippen LogP) is 0.958. The molecule has 9 heteroatoms. The lowest BCUT2D eigenvalue weighted by molar-refractivity contribution is -0.127. The second-order valence-corrected chi connectivity index (χ2v) is 6.77. The van der Waals surface area contributed by atoms with Gasteiger partial charge in [-0.2, -0.15) is 0 Å². The topological polar surface area (TPSA) is 109 Å². The second kappa shape index (κ2) is 6.99. The molecule has 2 aliphatic heterocycles. The van der Waals surface area contributed by atoms with E-state index < -0.39 is 11.5 Å². The number of amides is 4. The first-order valence-electron chi connectivity index (χ1n) is 8.99. The molecule has 2 aromatic rings. The van der Waals surface area contributed by atoms with Gasteiger partial charge in [0.1, 0.15) is 5.56 Å². The normalized spacial score (nSPS) is 17.9. The van der Waals surface area contributed by atoms with Gasteiger partial charge in [0.25, 0.3) is 5.91 Å². The Kier molecular flexibility index (Phi) is 4.50. The summed E-state index contributed by atoms with van der Waals surface area (Å²) in [6, 6.07) is 6.04. The van der Waals surface area contributed by atoms with E-state index in [2.05, 4.69) is 5.32 Å². The second-order valence-electron chi connectivity index (χ2n) is 6.77. The number of carbonyl (C=O) groups excluding carboxylic acids is 3. The SMILES string of the molecule is COc1cccc2cc(C(=O)N3CCC(N4C(=O)CNC4=O)CC3)c(=O)oc12. The lowest BCUT2D eigenvalue weighted by Gasteiger charge is -2.35. The third kappa shape index (κ3) is 2.98. The van der Waals surface area contributed by atoms with Gasteiger partial charge in [-0.3, -0.25) is 14.5 Å². The van der Waals surface area contributed by atoms with Crippen molar-refractivity contribution in [1.82, 2.24) is 15.1 Å². The minimum Gasteiger partial charge on any atom is -0.493 e. The van der Waals surface area contributed by atoms with Gasteiger partial charge in [-0.25, -0.2) is 9.59 Å². The number of urea groups is 1. The number of methoxy groups -OCH3 is 1. The molecule has 146 valence electrons. The highest BCUT2D eigenvalue weighted by Crippen LogP contribution is 2.25. The number of hydrogen-bond donors (Lipinski definition) is 1. The van der Waals surface area contributed by atoms with Crippen LogP contribution in [0.2, 0.25) is 0 Å². The molecule has 0 atom stereocenters. The molecule has 2 fully saturated rings. The van der Waals surface area contributed by atoms with Gasteiger partial charge in [-0.05, 0) is 25.0 Å². The molecule has 1 N–H and O–H groups in total. The number of nitrogens with zero attached hydrogens (tertiary/aromatic N) is 2. The Morgan fingerprint density at radius 2 is 1.96 bits per heavy atom.